The van der Waals surface area contributed by atoms with Gasteiger partial charge >= 0.3 is 0 Å². The van der Waals surface area contributed by atoms with E-state index in [0.717, 1.165) is 18.4 Å². The van der Waals surface area contributed by atoms with E-state index in [1.807, 2.05) is 30.3 Å². The Kier molecular flexibility index (Phi) is 6.14. The molecule has 2 aromatic carbocycles. The molecule has 2 atom stereocenters. The van der Waals surface area contributed by atoms with E-state index in [4.69, 9.17) is 9.47 Å². The number of hydrogen-bond donors (Lipinski definition) is 1. The number of fused-ring (bicyclic) bond motifs is 1. The first-order valence-corrected chi connectivity index (χ1v) is 10.3. The third-order valence-electron chi connectivity index (χ3n) is 5.50. The maximum absolute atomic E-state index is 13.2. The molecule has 4 rings (SSSR count). The SMILES string of the molecule is O=C(/C=C/c1ccccc1)N1CCCCC(C(O)c2ccc3c(c2)OCCO3)C1=O. The van der Waals surface area contributed by atoms with E-state index in [9.17, 15) is 14.7 Å². The third-order valence-corrected chi connectivity index (χ3v) is 5.50. The Morgan fingerprint density at radius 3 is 2.63 bits per heavy atom. The summed E-state index contributed by atoms with van der Waals surface area (Å²) in [7, 11) is 0. The van der Waals surface area contributed by atoms with Crippen molar-refractivity contribution in [2.24, 2.45) is 5.92 Å². The van der Waals surface area contributed by atoms with Gasteiger partial charge in [0.1, 0.15) is 13.2 Å². The lowest BCUT2D eigenvalue weighted by molar-refractivity contribution is -0.146. The molecular weight excluding hydrogens is 382 g/mol. The van der Waals surface area contributed by atoms with Crippen molar-refractivity contribution in [2.75, 3.05) is 19.8 Å². The van der Waals surface area contributed by atoms with Gasteiger partial charge in [-0.05, 0) is 42.2 Å². The highest BCUT2D eigenvalue weighted by molar-refractivity contribution is 6.03. The second kappa shape index (κ2) is 9.13. The van der Waals surface area contributed by atoms with Crippen LogP contribution in [0, 0.1) is 5.92 Å². The van der Waals surface area contributed by atoms with Crippen molar-refractivity contribution in [3.05, 3.63) is 65.7 Å². The second-order valence-electron chi connectivity index (χ2n) is 7.52. The summed E-state index contributed by atoms with van der Waals surface area (Å²) < 4.78 is 11.1. The summed E-state index contributed by atoms with van der Waals surface area (Å²) >= 11 is 0. The minimum atomic E-state index is -1.01. The molecule has 0 spiro atoms. The Labute approximate surface area is 175 Å². The lowest BCUT2D eigenvalue weighted by atomic mass is 9.90. The Hall–Kier alpha value is -3.12. The largest absolute Gasteiger partial charge is 0.486 e. The van der Waals surface area contributed by atoms with E-state index in [-0.39, 0.29) is 11.8 Å². The fourth-order valence-electron chi connectivity index (χ4n) is 3.88. The van der Waals surface area contributed by atoms with E-state index < -0.39 is 12.0 Å². The molecule has 2 aliphatic rings. The number of rotatable bonds is 4. The van der Waals surface area contributed by atoms with Crippen LogP contribution >= 0.6 is 0 Å². The van der Waals surface area contributed by atoms with Crippen molar-refractivity contribution in [3.8, 4) is 11.5 Å². The van der Waals surface area contributed by atoms with Crippen molar-refractivity contribution < 1.29 is 24.2 Å². The van der Waals surface area contributed by atoms with Crippen LogP contribution in [0.3, 0.4) is 0 Å². The maximum atomic E-state index is 13.2. The molecule has 6 heteroatoms. The monoisotopic (exact) mass is 407 g/mol. The number of hydrogen-bond acceptors (Lipinski definition) is 5. The number of ether oxygens (including phenoxy) is 2. The van der Waals surface area contributed by atoms with Crippen molar-refractivity contribution >= 4 is 17.9 Å². The van der Waals surface area contributed by atoms with Gasteiger partial charge in [0.05, 0.1) is 12.0 Å². The average Bonchev–Trinajstić information content (AvgIpc) is 2.99. The molecule has 0 aromatic heterocycles. The number of nitrogens with zero attached hydrogens (tertiary/aromatic N) is 1. The summed E-state index contributed by atoms with van der Waals surface area (Å²) in [5.74, 6) is -0.170. The molecule has 2 aromatic rings. The van der Waals surface area contributed by atoms with E-state index in [2.05, 4.69) is 0 Å². The Morgan fingerprint density at radius 1 is 1.07 bits per heavy atom. The van der Waals surface area contributed by atoms with Gasteiger partial charge < -0.3 is 14.6 Å². The van der Waals surface area contributed by atoms with Crippen LogP contribution < -0.4 is 9.47 Å². The maximum Gasteiger partial charge on any atom is 0.253 e. The molecule has 2 aliphatic heterocycles. The van der Waals surface area contributed by atoms with Gasteiger partial charge in [-0.1, -0.05) is 42.8 Å². The summed E-state index contributed by atoms with van der Waals surface area (Å²) in [6.45, 7) is 1.30. The number of benzene rings is 2. The molecule has 6 nitrogen and oxygen atoms in total. The molecule has 1 saturated heterocycles. The molecule has 0 radical (unpaired) electrons. The summed E-state index contributed by atoms with van der Waals surface area (Å²) in [5.41, 5.74) is 1.48. The molecule has 2 amide bonds. The van der Waals surface area contributed by atoms with Crippen molar-refractivity contribution in [1.29, 1.82) is 0 Å². The number of carbonyl (C=O) groups excluding carboxylic acids is 2. The van der Waals surface area contributed by atoms with Crippen LogP contribution in [0.2, 0.25) is 0 Å². The highest BCUT2D eigenvalue weighted by Crippen LogP contribution is 2.36. The van der Waals surface area contributed by atoms with Gasteiger partial charge in [0, 0.05) is 12.6 Å². The molecule has 1 N–H and O–H groups in total. The first-order chi connectivity index (χ1) is 14.6. The molecule has 1 fully saturated rings. The molecule has 156 valence electrons. The Morgan fingerprint density at radius 2 is 1.83 bits per heavy atom. The smallest absolute Gasteiger partial charge is 0.253 e. The summed E-state index contributed by atoms with van der Waals surface area (Å²) in [6, 6.07) is 14.7. The quantitative estimate of drug-likeness (QED) is 0.787. The number of aliphatic hydroxyl groups is 1. The minimum Gasteiger partial charge on any atom is -0.486 e. The first kappa shape index (κ1) is 20.2. The fraction of sp³-hybridized carbons (Fsp3) is 0.333. The van der Waals surface area contributed by atoms with Crippen LogP contribution in [0.25, 0.3) is 6.08 Å². The van der Waals surface area contributed by atoms with Crippen LogP contribution in [-0.2, 0) is 9.59 Å². The molecule has 0 bridgehead atoms. The lowest BCUT2D eigenvalue weighted by Crippen LogP contribution is -2.40. The zero-order valence-electron chi connectivity index (χ0n) is 16.7. The molecule has 30 heavy (non-hydrogen) atoms. The van der Waals surface area contributed by atoms with Crippen LogP contribution in [0.5, 0.6) is 11.5 Å². The van der Waals surface area contributed by atoms with Gasteiger partial charge in [-0.3, -0.25) is 14.5 Å². The van der Waals surface area contributed by atoms with Crippen molar-refractivity contribution in [2.45, 2.75) is 25.4 Å². The van der Waals surface area contributed by atoms with Gasteiger partial charge in [0.2, 0.25) is 5.91 Å². The van der Waals surface area contributed by atoms with Crippen molar-refractivity contribution in [3.63, 3.8) is 0 Å². The Bertz CT molecular complexity index is 940. The number of amides is 2. The number of likely N-dealkylation sites (tertiary alicyclic amines) is 1. The van der Waals surface area contributed by atoms with Gasteiger partial charge in [0.25, 0.3) is 5.91 Å². The van der Waals surface area contributed by atoms with Crippen LogP contribution in [0.4, 0.5) is 0 Å². The standard InChI is InChI=1S/C24H25NO5/c26-22(12-9-17-6-2-1-3-7-17)25-13-5-4-8-19(24(25)28)23(27)18-10-11-20-21(16-18)30-15-14-29-20/h1-3,6-7,9-12,16,19,23,27H,4-5,8,13-15H2/b12-9+. The summed E-state index contributed by atoms with van der Waals surface area (Å²) in [6.07, 6.45) is 4.13. The zero-order chi connectivity index (χ0) is 20.9. The van der Waals surface area contributed by atoms with Gasteiger partial charge in [-0.2, -0.15) is 0 Å². The van der Waals surface area contributed by atoms with E-state index in [1.165, 1.54) is 11.0 Å². The molecular formula is C24H25NO5. The van der Waals surface area contributed by atoms with Crippen LogP contribution in [0.15, 0.2) is 54.6 Å². The van der Waals surface area contributed by atoms with E-state index >= 15 is 0 Å². The minimum absolute atomic E-state index is 0.336. The number of imide groups is 1. The normalized spacial score (nSPS) is 20.1. The van der Waals surface area contributed by atoms with Crippen molar-refractivity contribution in [1.82, 2.24) is 4.90 Å². The molecule has 2 unspecified atom stereocenters. The summed E-state index contributed by atoms with van der Waals surface area (Å²) in [4.78, 5) is 27.2. The van der Waals surface area contributed by atoms with E-state index in [0.29, 0.717) is 43.2 Å². The fourth-order valence-corrected chi connectivity index (χ4v) is 3.88. The molecule has 2 heterocycles. The van der Waals surface area contributed by atoms with Gasteiger partial charge in [-0.25, -0.2) is 0 Å². The van der Waals surface area contributed by atoms with Gasteiger partial charge in [0.15, 0.2) is 11.5 Å². The second-order valence-corrected chi connectivity index (χ2v) is 7.52. The lowest BCUT2D eigenvalue weighted by Gasteiger charge is -2.26. The molecule has 0 saturated carbocycles. The predicted octanol–water partition coefficient (Wildman–Crippen LogP) is 3.36. The average molecular weight is 407 g/mol. The predicted molar refractivity (Wildman–Crippen MR) is 112 cm³/mol. The third kappa shape index (κ3) is 4.39. The zero-order valence-corrected chi connectivity index (χ0v) is 16.7. The van der Waals surface area contributed by atoms with Gasteiger partial charge in [-0.15, -0.1) is 0 Å². The number of carbonyl (C=O) groups is 2. The topological polar surface area (TPSA) is 76.1 Å². The highest BCUT2D eigenvalue weighted by atomic mass is 16.6. The first-order valence-electron chi connectivity index (χ1n) is 10.3. The molecule has 0 aliphatic carbocycles. The number of aliphatic hydroxyl groups excluding tert-OH is 1. The van der Waals surface area contributed by atoms with Crippen LogP contribution in [0.1, 0.15) is 36.5 Å². The summed E-state index contributed by atoms with van der Waals surface area (Å²) in [5, 5.41) is 11.0. The highest BCUT2D eigenvalue weighted by Gasteiger charge is 2.35. The van der Waals surface area contributed by atoms with Crippen LogP contribution in [-0.4, -0.2) is 41.6 Å². The van der Waals surface area contributed by atoms with E-state index in [1.54, 1.807) is 24.3 Å². The Balaban J connectivity index is 1.51.